The minimum Gasteiger partial charge on any atom is -0.333 e. The van der Waals surface area contributed by atoms with Crippen molar-refractivity contribution in [2.75, 3.05) is 13.1 Å². The molecule has 1 aromatic heterocycles. The van der Waals surface area contributed by atoms with Crippen LogP contribution in [0.15, 0.2) is 72.8 Å². The molecule has 1 aliphatic rings. The summed E-state index contributed by atoms with van der Waals surface area (Å²) in [5.74, 6) is -1.38. The molecule has 4 aromatic rings. The van der Waals surface area contributed by atoms with Gasteiger partial charge in [-0.05, 0) is 49.4 Å². The molecule has 0 atom stereocenters. The van der Waals surface area contributed by atoms with Crippen molar-refractivity contribution in [1.82, 2.24) is 19.6 Å². The van der Waals surface area contributed by atoms with E-state index in [4.69, 9.17) is 5.10 Å². The molecule has 3 aromatic carbocycles. The van der Waals surface area contributed by atoms with Gasteiger partial charge in [0.25, 0.3) is 5.91 Å². The molecule has 190 valence electrons. The van der Waals surface area contributed by atoms with Crippen LogP contribution in [0.4, 0.5) is 13.2 Å². The summed E-state index contributed by atoms with van der Waals surface area (Å²) in [6, 6.07) is 18.6. The Labute approximate surface area is 213 Å². The van der Waals surface area contributed by atoms with Crippen LogP contribution in [-0.4, -0.2) is 38.6 Å². The third-order valence-corrected chi connectivity index (χ3v) is 6.71. The molecule has 5 rings (SSSR count). The average molecular weight is 505 g/mol. The molecule has 0 bridgehead atoms. The first-order valence-electron chi connectivity index (χ1n) is 12.3. The fourth-order valence-corrected chi connectivity index (χ4v) is 4.80. The number of carbonyl (C=O) groups is 1. The largest absolute Gasteiger partial charge is 0.333 e. The molecule has 1 aliphatic heterocycles. The van der Waals surface area contributed by atoms with Gasteiger partial charge in [0.2, 0.25) is 0 Å². The van der Waals surface area contributed by atoms with Crippen LogP contribution in [0.5, 0.6) is 0 Å². The standard InChI is InChI=1S/C29H27F3N4O/c1-2-35(29(37)20-8-5-9-22(30)15-20)19-27-25-18-34(17-21-7-3-4-12-26(21)32)14-13-28(25)36(33-27)24-11-6-10-23(31)16-24/h3-12,15-16H,2,13-14,17-19H2,1H3. The first kappa shape index (κ1) is 24.8. The molecule has 8 heteroatoms. The molecule has 0 fully saturated rings. The van der Waals surface area contributed by atoms with Gasteiger partial charge in [-0.15, -0.1) is 0 Å². The number of aromatic nitrogens is 2. The smallest absolute Gasteiger partial charge is 0.254 e. The van der Waals surface area contributed by atoms with E-state index in [-0.39, 0.29) is 29.6 Å². The number of benzene rings is 3. The van der Waals surface area contributed by atoms with Crippen LogP contribution in [0.3, 0.4) is 0 Å². The summed E-state index contributed by atoms with van der Waals surface area (Å²) in [5, 5.41) is 4.82. The normalized spacial score (nSPS) is 13.4. The van der Waals surface area contributed by atoms with Gasteiger partial charge in [-0.3, -0.25) is 9.69 Å². The zero-order chi connectivity index (χ0) is 25.9. The Morgan fingerprint density at radius 3 is 2.46 bits per heavy atom. The Balaban J connectivity index is 1.49. The topological polar surface area (TPSA) is 41.4 Å². The van der Waals surface area contributed by atoms with E-state index in [0.717, 1.165) is 11.3 Å². The Bertz CT molecular complexity index is 1430. The summed E-state index contributed by atoms with van der Waals surface area (Å²) in [6.07, 6.45) is 0.636. The average Bonchev–Trinajstić information content (AvgIpc) is 3.26. The minimum absolute atomic E-state index is 0.212. The summed E-state index contributed by atoms with van der Waals surface area (Å²) < 4.78 is 43.9. The number of hydrogen-bond donors (Lipinski definition) is 0. The van der Waals surface area contributed by atoms with Gasteiger partial charge in [0, 0.05) is 49.3 Å². The zero-order valence-corrected chi connectivity index (χ0v) is 20.5. The van der Waals surface area contributed by atoms with E-state index >= 15 is 0 Å². The molecule has 0 spiro atoms. The van der Waals surface area contributed by atoms with Gasteiger partial charge in [0.1, 0.15) is 17.5 Å². The third kappa shape index (κ3) is 5.29. The fourth-order valence-electron chi connectivity index (χ4n) is 4.80. The molecule has 37 heavy (non-hydrogen) atoms. The second-order valence-corrected chi connectivity index (χ2v) is 9.15. The Kier molecular flexibility index (Phi) is 7.10. The van der Waals surface area contributed by atoms with E-state index in [9.17, 15) is 18.0 Å². The minimum atomic E-state index is -0.474. The lowest BCUT2D eigenvalue weighted by molar-refractivity contribution is 0.0749. The SMILES string of the molecule is CCN(Cc1nn(-c2cccc(F)c2)c2c1CN(Cc1ccccc1F)CC2)C(=O)c1cccc(F)c1. The predicted molar refractivity (Wildman–Crippen MR) is 135 cm³/mol. The van der Waals surface area contributed by atoms with Crippen LogP contribution in [0.2, 0.25) is 0 Å². The molecule has 1 amide bonds. The molecule has 5 nitrogen and oxygen atoms in total. The number of amides is 1. The Morgan fingerprint density at radius 1 is 0.973 bits per heavy atom. The van der Waals surface area contributed by atoms with Gasteiger partial charge < -0.3 is 4.90 Å². The maximum atomic E-state index is 14.3. The molecule has 0 N–H and O–H groups in total. The summed E-state index contributed by atoms with van der Waals surface area (Å²) in [4.78, 5) is 16.9. The van der Waals surface area contributed by atoms with Gasteiger partial charge in [-0.25, -0.2) is 17.9 Å². The van der Waals surface area contributed by atoms with Crippen LogP contribution in [0.1, 0.15) is 39.8 Å². The van der Waals surface area contributed by atoms with Crippen molar-refractivity contribution in [3.8, 4) is 5.69 Å². The lowest BCUT2D eigenvalue weighted by Gasteiger charge is -2.28. The van der Waals surface area contributed by atoms with Gasteiger partial charge in [0.15, 0.2) is 0 Å². The molecular weight excluding hydrogens is 477 g/mol. The second kappa shape index (κ2) is 10.6. The molecule has 0 saturated heterocycles. The van der Waals surface area contributed by atoms with Crippen LogP contribution in [-0.2, 0) is 26.1 Å². The molecule has 0 unspecified atom stereocenters. The zero-order valence-electron chi connectivity index (χ0n) is 20.5. The number of hydrogen-bond acceptors (Lipinski definition) is 3. The van der Waals surface area contributed by atoms with Crippen molar-refractivity contribution in [3.05, 3.63) is 118 Å². The van der Waals surface area contributed by atoms with E-state index in [1.54, 1.807) is 39.9 Å². The first-order valence-corrected chi connectivity index (χ1v) is 12.3. The Hall–Kier alpha value is -3.91. The van der Waals surface area contributed by atoms with E-state index < -0.39 is 5.82 Å². The molecule has 0 aliphatic carbocycles. The lowest BCUT2D eigenvalue weighted by atomic mass is 10.0. The van der Waals surface area contributed by atoms with Crippen molar-refractivity contribution in [2.24, 2.45) is 0 Å². The van der Waals surface area contributed by atoms with Crippen molar-refractivity contribution in [1.29, 1.82) is 0 Å². The van der Waals surface area contributed by atoms with Crippen LogP contribution in [0, 0.1) is 17.5 Å². The number of rotatable bonds is 7. The quantitative estimate of drug-likeness (QED) is 0.333. The fraction of sp³-hybridized carbons (Fsp3) is 0.241. The number of carbonyl (C=O) groups excluding carboxylic acids is 1. The molecule has 0 radical (unpaired) electrons. The van der Waals surface area contributed by atoms with Gasteiger partial charge in [-0.2, -0.15) is 5.10 Å². The van der Waals surface area contributed by atoms with Gasteiger partial charge in [-0.1, -0.05) is 30.3 Å². The lowest BCUT2D eigenvalue weighted by Crippen LogP contribution is -2.33. The molecular formula is C29H27F3N4O. The number of fused-ring (bicyclic) bond motifs is 1. The highest BCUT2D eigenvalue weighted by Crippen LogP contribution is 2.28. The summed E-state index contributed by atoms with van der Waals surface area (Å²) >= 11 is 0. The van der Waals surface area contributed by atoms with E-state index in [2.05, 4.69) is 4.90 Å². The maximum absolute atomic E-state index is 14.3. The maximum Gasteiger partial charge on any atom is 0.254 e. The summed E-state index contributed by atoms with van der Waals surface area (Å²) in [5.41, 5.74) is 4.05. The summed E-state index contributed by atoms with van der Waals surface area (Å²) in [7, 11) is 0. The van der Waals surface area contributed by atoms with Crippen LogP contribution in [0.25, 0.3) is 5.69 Å². The van der Waals surface area contributed by atoms with E-state index in [1.807, 2.05) is 13.0 Å². The highest BCUT2D eigenvalue weighted by atomic mass is 19.1. The van der Waals surface area contributed by atoms with E-state index in [1.165, 1.54) is 36.4 Å². The van der Waals surface area contributed by atoms with Crippen LogP contribution < -0.4 is 0 Å². The monoisotopic (exact) mass is 504 g/mol. The first-order chi connectivity index (χ1) is 17.9. The molecule has 2 heterocycles. The van der Waals surface area contributed by atoms with Gasteiger partial charge >= 0.3 is 0 Å². The Morgan fingerprint density at radius 2 is 1.73 bits per heavy atom. The highest BCUT2D eigenvalue weighted by molar-refractivity contribution is 5.94. The molecule has 0 saturated carbocycles. The van der Waals surface area contributed by atoms with Crippen molar-refractivity contribution < 1.29 is 18.0 Å². The van der Waals surface area contributed by atoms with Crippen LogP contribution >= 0.6 is 0 Å². The van der Waals surface area contributed by atoms with Gasteiger partial charge in [0.05, 0.1) is 23.6 Å². The van der Waals surface area contributed by atoms with Crippen molar-refractivity contribution in [2.45, 2.75) is 33.0 Å². The van der Waals surface area contributed by atoms with E-state index in [0.29, 0.717) is 49.5 Å². The van der Waals surface area contributed by atoms with Crippen molar-refractivity contribution in [3.63, 3.8) is 0 Å². The van der Waals surface area contributed by atoms with Crippen molar-refractivity contribution >= 4 is 5.91 Å². The highest BCUT2D eigenvalue weighted by Gasteiger charge is 2.28. The number of nitrogens with zero attached hydrogens (tertiary/aromatic N) is 4. The second-order valence-electron chi connectivity index (χ2n) is 9.15. The number of halogens is 3. The third-order valence-electron chi connectivity index (χ3n) is 6.71. The summed E-state index contributed by atoms with van der Waals surface area (Å²) in [6.45, 7) is 4.11. The predicted octanol–water partition coefficient (Wildman–Crippen LogP) is 5.51.